The Morgan fingerprint density at radius 2 is 1.77 bits per heavy atom. The first kappa shape index (κ1) is 29.4. The number of amides is 4. The van der Waals surface area contributed by atoms with Crippen LogP contribution in [0.15, 0.2) is 30.3 Å². The van der Waals surface area contributed by atoms with Crippen LogP contribution in [0.1, 0.15) is 64.4 Å². The Bertz CT molecular complexity index is 1050. The van der Waals surface area contributed by atoms with Gasteiger partial charge in [0.2, 0.25) is 11.8 Å². The molecule has 5 atom stereocenters. The van der Waals surface area contributed by atoms with Crippen molar-refractivity contribution in [3.05, 3.63) is 35.9 Å². The van der Waals surface area contributed by atoms with Gasteiger partial charge >= 0.3 is 12.2 Å². The van der Waals surface area contributed by atoms with Crippen molar-refractivity contribution in [2.75, 3.05) is 6.54 Å². The summed E-state index contributed by atoms with van der Waals surface area (Å²) in [6.45, 7) is 4.62. The van der Waals surface area contributed by atoms with Crippen molar-refractivity contribution >= 4 is 30.3 Å². The predicted molar refractivity (Wildman–Crippen MR) is 145 cm³/mol. The van der Waals surface area contributed by atoms with E-state index in [4.69, 9.17) is 9.47 Å². The lowest BCUT2D eigenvalue weighted by atomic mass is 9.98. The third-order valence-corrected chi connectivity index (χ3v) is 7.89. The van der Waals surface area contributed by atoms with Crippen molar-refractivity contribution < 1.29 is 33.4 Å². The van der Waals surface area contributed by atoms with Crippen molar-refractivity contribution in [3.63, 3.8) is 0 Å². The topological polar surface area (TPSA) is 143 Å². The highest BCUT2D eigenvalue weighted by Crippen LogP contribution is 2.37. The standard InChI is InChI=1S/C29H40N4O7/c1-18(2)12-25(27(36)31-21(16-34)13-20-10-11-30-26(20)35)32-28(37)40-24-14-22-8-9-23(15-24)33(22)29(38)39-17-19-6-4-3-5-7-19/h3-7,16,18,20-25H,8-15,17H2,1-2H3,(H,30,35)(H,31,36)(H,32,37)/t20-,21+,22?,23?,24?,25+/m1/s1. The van der Waals surface area contributed by atoms with E-state index in [1.807, 2.05) is 44.2 Å². The van der Waals surface area contributed by atoms with E-state index in [1.54, 1.807) is 4.90 Å². The van der Waals surface area contributed by atoms with E-state index >= 15 is 0 Å². The van der Waals surface area contributed by atoms with Crippen LogP contribution in [0, 0.1) is 11.8 Å². The zero-order valence-corrected chi connectivity index (χ0v) is 23.2. The molecule has 0 saturated carbocycles. The van der Waals surface area contributed by atoms with E-state index in [-0.39, 0.29) is 55.1 Å². The number of carbonyl (C=O) groups excluding carboxylic acids is 5. The molecule has 0 radical (unpaired) electrons. The molecule has 40 heavy (non-hydrogen) atoms. The molecule has 3 aliphatic heterocycles. The number of piperidine rings is 1. The number of ether oxygens (including phenoxy) is 2. The van der Waals surface area contributed by atoms with Gasteiger partial charge in [0, 0.05) is 37.4 Å². The quantitative estimate of drug-likeness (QED) is 0.356. The summed E-state index contributed by atoms with van der Waals surface area (Å²) in [7, 11) is 0. The first-order chi connectivity index (χ1) is 19.2. The van der Waals surface area contributed by atoms with Gasteiger partial charge in [0.05, 0.1) is 6.04 Å². The van der Waals surface area contributed by atoms with Gasteiger partial charge in [-0.25, -0.2) is 9.59 Å². The number of fused-ring (bicyclic) bond motifs is 2. The second-order valence-corrected chi connectivity index (χ2v) is 11.4. The van der Waals surface area contributed by atoms with Gasteiger partial charge in [-0.05, 0) is 43.6 Å². The number of alkyl carbamates (subject to hydrolysis) is 1. The van der Waals surface area contributed by atoms with Crippen LogP contribution in [0.25, 0.3) is 0 Å². The van der Waals surface area contributed by atoms with E-state index in [9.17, 15) is 24.0 Å². The van der Waals surface area contributed by atoms with Crippen molar-refractivity contribution in [2.45, 2.75) is 95.7 Å². The molecule has 0 aliphatic carbocycles. The van der Waals surface area contributed by atoms with Crippen molar-refractivity contribution in [3.8, 4) is 0 Å². The van der Waals surface area contributed by atoms with E-state index < -0.39 is 24.1 Å². The van der Waals surface area contributed by atoms with E-state index in [1.165, 1.54) is 0 Å². The lowest BCUT2D eigenvalue weighted by molar-refractivity contribution is -0.127. The molecule has 0 aromatic heterocycles. The van der Waals surface area contributed by atoms with Crippen molar-refractivity contribution in [2.24, 2.45) is 11.8 Å². The molecule has 4 rings (SSSR count). The van der Waals surface area contributed by atoms with Crippen LogP contribution in [0.4, 0.5) is 9.59 Å². The number of hydrogen-bond acceptors (Lipinski definition) is 7. The first-order valence-electron chi connectivity index (χ1n) is 14.2. The molecular weight excluding hydrogens is 516 g/mol. The number of hydrogen-bond donors (Lipinski definition) is 3. The Balaban J connectivity index is 1.27. The van der Waals surface area contributed by atoms with Gasteiger partial charge < -0.3 is 35.1 Å². The molecule has 4 amide bonds. The molecular formula is C29H40N4O7. The van der Waals surface area contributed by atoms with Gasteiger partial charge in [0.25, 0.3) is 0 Å². The Morgan fingerprint density at radius 3 is 2.38 bits per heavy atom. The molecule has 3 N–H and O–H groups in total. The van der Waals surface area contributed by atoms with Crippen LogP contribution < -0.4 is 16.0 Å². The second kappa shape index (κ2) is 13.6. The van der Waals surface area contributed by atoms with Gasteiger partial charge in [-0.2, -0.15) is 0 Å². The van der Waals surface area contributed by atoms with Crippen molar-refractivity contribution in [1.82, 2.24) is 20.9 Å². The minimum Gasteiger partial charge on any atom is -0.446 e. The fourth-order valence-electron chi connectivity index (χ4n) is 5.95. The molecule has 3 aliphatic rings. The minimum atomic E-state index is -0.892. The molecule has 218 valence electrons. The smallest absolute Gasteiger partial charge is 0.410 e. The predicted octanol–water partition coefficient (Wildman–Crippen LogP) is 2.67. The third kappa shape index (κ3) is 7.73. The molecule has 3 heterocycles. The zero-order valence-electron chi connectivity index (χ0n) is 23.2. The van der Waals surface area contributed by atoms with Crippen LogP contribution in [-0.2, 0) is 30.5 Å². The molecule has 1 aromatic rings. The highest BCUT2D eigenvalue weighted by atomic mass is 16.6. The second-order valence-electron chi connectivity index (χ2n) is 11.4. The molecule has 1 aromatic carbocycles. The highest BCUT2D eigenvalue weighted by molar-refractivity contribution is 5.88. The first-order valence-corrected chi connectivity index (χ1v) is 14.2. The zero-order chi connectivity index (χ0) is 28.6. The van der Waals surface area contributed by atoms with Gasteiger partial charge in [-0.1, -0.05) is 44.2 Å². The summed E-state index contributed by atoms with van der Waals surface area (Å²) < 4.78 is 11.3. The van der Waals surface area contributed by atoms with Crippen LogP contribution >= 0.6 is 0 Å². The molecule has 3 fully saturated rings. The molecule has 3 saturated heterocycles. The Labute approximate surface area is 234 Å². The number of nitrogens with zero attached hydrogens (tertiary/aromatic N) is 1. The number of carbonyl (C=O) groups is 5. The third-order valence-electron chi connectivity index (χ3n) is 7.89. The van der Waals surface area contributed by atoms with Crippen LogP contribution in [0.5, 0.6) is 0 Å². The van der Waals surface area contributed by atoms with Gasteiger partial charge in [-0.3, -0.25) is 9.59 Å². The summed E-state index contributed by atoms with van der Waals surface area (Å²) in [6.07, 6.45) is 3.01. The van der Waals surface area contributed by atoms with Crippen LogP contribution in [0.2, 0.25) is 0 Å². The lowest BCUT2D eigenvalue weighted by Gasteiger charge is -2.37. The highest BCUT2D eigenvalue weighted by Gasteiger charge is 2.45. The van der Waals surface area contributed by atoms with Gasteiger partial charge in [0.15, 0.2) is 0 Å². The Hall–Kier alpha value is -3.63. The lowest BCUT2D eigenvalue weighted by Crippen LogP contribution is -2.53. The number of benzene rings is 1. The average Bonchev–Trinajstić information content (AvgIpc) is 3.45. The molecule has 2 unspecified atom stereocenters. The maximum atomic E-state index is 13.0. The summed E-state index contributed by atoms with van der Waals surface area (Å²) in [5.74, 6) is -0.843. The van der Waals surface area contributed by atoms with Gasteiger partial charge in [-0.15, -0.1) is 0 Å². The molecule has 2 bridgehead atoms. The summed E-state index contributed by atoms with van der Waals surface area (Å²) in [6, 6.07) is 7.64. The van der Waals surface area contributed by atoms with E-state index in [0.717, 1.165) is 18.4 Å². The summed E-state index contributed by atoms with van der Waals surface area (Å²) in [5, 5.41) is 8.08. The van der Waals surface area contributed by atoms with Crippen LogP contribution in [-0.4, -0.2) is 72.0 Å². The average molecular weight is 557 g/mol. The Kier molecular flexibility index (Phi) is 10.0. The molecule has 11 heteroatoms. The maximum absolute atomic E-state index is 13.0. The number of nitrogens with one attached hydrogen (secondary N) is 3. The van der Waals surface area contributed by atoms with Crippen molar-refractivity contribution in [1.29, 1.82) is 0 Å². The fourth-order valence-corrected chi connectivity index (χ4v) is 5.95. The minimum absolute atomic E-state index is 0.0734. The summed E-state index contributed by atoms with van der Waals surface area (Å²) in [4.78, 5) is 64.0. The monoisotopic (exact) mass is 556 g/mol. The summed E-state index contributed by atoms with van der Waals surface area (Å²) in [5.41, 5.74) is 0.918. The van der Waals surface area contributed by atoms with Crippen LogP contribution in [0.3, 0.4) is 0 Å². The van der Waals surface area contributed by atoms with E-state index in [0.29, 0.717) is 38.5 Å². The molecule has 0 spiro atoms. The van der Waals surface area contributed by atoms with E-state index in [2.05, 4.69) is 16.0 Å². The fraction of sp³-hybridized carbons (Fsp3) is 0.621. The largest absolute Gasteiger partial charge is 0.446 e. The summed E-state index contributed by atoms with van der Waals surface area (Å²) >= 11 is 0. The maximum Gasteiger partial charge on any atom is 0.410 e. The van der Waals surface area contributed by atoms with Gasteiger partial charge in [0.1, 0.15) is 25.0 Å². The normalized spacial score (nSPS) is 25.1. The molecule has 11 nitrogen and oxygen atoms in total. The SMILES string of the molecule is CC(C)C[C@H](NC(=O)OC1CC2CCC(C1)N2C(=O)OCc1ccccc1)C(=O)N[C@H](C=O)C[C@H]1CCNC1=O. The Morgan fingerprint density at radius 1 is 1.07 bits per heavy atom. The number of aldehydes is 1. The number of rotatable bonds is 11.